The number of nitrogens with one attached hydrogen (secondary N) is 2. The van der Waals surface area contributed by atoms with Crippen molar-refractivity contribution in [3.63, 3.8) is 0 Å². The maximum absolute atomic E-state index is 12.5. The summed E-state index contributed by atoms with van der Waals surface area (Å²) in [5.74, 6) is -0.0312. The second-order valence-corrected chi connectivity index (χ2v) is 7.88. The number of hydrogen-bond acceptors (Lipinski definition) is 4. The van der Waals surface area contributed by atoms with E-state index < -0.39 is 15.6 Å². The monoisotopic (exact) mass is 375 g/mol. The van der Waals surface area contributed by atoms with Crippen LogP contribution in [0.15, 0.2) is 23.1 Å². The smallest absolute Gasteiger partial charge is 0.240 e. The number of carbonyl (C=O) groups excluding carboxylic acids is 1. The van der Waals surface area contributed by atoms with Crippen molar-refractivity contribution in [2.75, 3.05) is 11.9 Å². The molecule has 0 saturated heterocycles. The lowest BCUT2D eigenvalue weighted by Crippen LogP contribution is -2.49. The number of hydrogen-bond donors (Lipinski definition) is 3. The molecule has 2 rings (SSSR count). The Balaban J connectivity index is 0.00000288. The SMILES string of the molecule is CCC(N)(CC)CNS(=O)(=O)c1ccc2c(c1)CCCC(=O)N2.Cl. The van der Waals surface area contributed by atoms with Gasteiger partial charge < -0.3 is 11.1 Å². The first-order valence-corrected chi connectivity index (χ1v) is 9.49. The predicted octanol–water partition coefficient (Wildman–Crippen LogP) is 2.18. The van der Waals surface area contributed by atoms with Crippen molar-refractivity contribution in [2.24, 2.45) is 5.73 Å². The summed E-state index contributed by atoms with van der Waals surface area (Å²) in [5, 5.41) is 2.80. The Hall–Kier alpha value is -1.15. The fourth-order valence-electron chi connectivity index (χ4n) is 2.54. The molecule has 1 heterocycles. The highest BCUT2D eigenvalue weighted by Gasteiger charge is 2.25. The minimum Gasteiger partial charge on any atom is -0.326 e. The van der Waals surface area contributed by atoms with Crippen LogP contribution in [0.25, 0.3) is 0 Å². The standard InChI is InChI=1S/C16H25N3O3S.ClH/c1-3-16(17,4-2)11-18-23(21,22)13-8-9-14-12(10-13)6-5-7-15(20)19-14;/h8-10,18H,3-7,11,17H2,1-2H3,(H,19,20);1H. The van der Waals surface area contributed by atoms with Gasteiger partial charge in [-0.3, -0.25) is 4.79 Å². The number of aryl methyl sites for hydroxylation is 1. The molecule has 24 heavy (non-hydrogen) atoms. The van der Waals surface area contributed by atoms with Gasteiger partial charge in [-0.05, 0) is 49.4 Å². The number of amides is 1. The third-order valence-electron chi connectivity index (χ3n) is 4.53. The Morgan fingerprint density at radius 3 is 2.54 bits per heavy atom. The summed E-state index contributed by atoms with van der Waals surface area (Å²) in [5.41, 5.74) is 7.17. The quantitative estimate of drug-likeness (QED) is 0.709. The van der Waals surface area contributed by atoms with Gasteiger partial charge in [-0.1, -0.05) is 13.8 Å². The maximum Gasteiger partial charge on any atom is 0.240 e. The fourth-order valence-corrected chi connectivity index (χ4v) is 3.73. The molecular weight excluding hydrogens is 350 g/mol. The van der Waals surface area contributed by atoms with E-state index in [4.69, 9.17) is 5.73 Å². The molecule has 0 spiro atoms. The zero-order valence-corrected chi connectivity index (χ0v) is 15.7. The van der Waals surface area contributed by atoms with Gasteiger partial charge >= 0.3 is 0 Å². The van der Waals surface area contributed by atoms with E-state index in [1.165, 1.54) is 6.07 Å². The van der Waals surface area contributed by atoms with Crippen molar-refractivity contribution >= 4 is 34.0 Å². The first-order valence-electron chi connectivity index (χ1n) is 8.01. The minimum atomic E-state index is -3.62. The van der Waals surface area contributed by atoms with Gasteiger partial charge in [0.25, 0.3) is 0 Å². The molecule has 0 bridgehead atoms. The molecule has 1 aromatic rings. The van der Waals surface area contributed by atoms with Gasteiger partial charge in [0.1, 0.15) is 0 Å². The van der Waals surface area contributed by atoms with Crippen LogP contribution in [-0.4, -0.2) is 26.4 Å². The van der Waals surface area contributed by atoms with Crippen LogP contribution in [0.5, 0.6) is 0 Å². The summed E-state index contributed by atoms with van der Waals surface area (Å²) in [6, 6.07) is 4.81. The molecule has 136 valence electrons. The number of rotatable bonds is 6. The topological polar surface area (TPSA) is 101 Å². The third kappa shape index (κ3) is 4.92. The van der Waals surface area contributed by atoms with Gasteiger partial charge in [-0.2, -0.15) is 0 Å². The highest BCUT2D eigenvalue weighted by Crippen LogP contribution is 2.25. The van der Waals surface area contributed by atoms with E-state index in [9.17, 15) is 13.2 Å². The molecule has 4 N–H and O–H groups in total. The van der Waals surface area contributed by atoms with Gasteiger partial charge in [-0.25, -0.2) is 13.1 Å². The molecule has 0 saturated carbocycles. The van der Waals surface area contributed by atoms with Crippen LogP contribution in [0, 0.1) is 0 Å². The Morgan fingerprint density at radius 2 is 1.92 bits per heavy atom. The molecule has 0 unspecified atom stereocenters. The molecule has 6 nitrogen and oxygen atoms in total. The molecule has 8 heteroatoms. The number of anilines is 1. The molecule has 1 aromatic carbocycles. The largest absolute Gasteiger partial charge is 0.326 e. The molecule has 0 radical (unpaired) electrons. The minimum absolute atomic E-state index is 0. The van der Waals surface area contributed by atoms with E-state index >= 15 is 0 Å². The fraction of sp³-hybridized carbons (Fsp3) is 0.562. The van der Waals surface area contributed by atoms with Crippen LogP contribution in [-0.2, 0) is 21.2 Å². The Kier molecular flexibility index (Phi) is 7.22. The van der Waals surface area contributed by atoms with E-state index in [-0.39, 0.29) is 29.8 Å². The van der Waals surface area contributed by atoms with Crippen molar-refractivity contribution in [2.45, 2.75) is 56.4 Å². The summed E-state index contributed by atoms with van der Waals surface area (Å²) in [7, 11) is -3.62. The van der Waals surface area contributed by atoms with Crippen molar-refractivity contribution in [3.05, 3.63) is 23.8 Å². The number of carbonyl (C=O) groups is 1. The van der Waals surface area contributed by atoms with Crippen molar-refractivity contribution in [1.82, 2.24) is 4.72 Å². The van der Waals surface area contributed by atoms with Crippen LogP contribution < -0.4 is 15.8 Å². The maximum atomic E-state index is 12.5. The highest BCUT2D eigenvalue weighted by molar-refractivity contribution is 7.89. The third-order valence-corrected chi connectivity index (χ3v) is 5.93. The molecule has 1 aliphatic heterocycles. The van der Waals surface area contributed by atoms with E-state index in [1.54, 1.807) is 12.1 Å². The Bertz CT molecular complexity index is 688. The first-order chi connectivity index (χ1) is 10.8. The van der Waals surface area contributed by atoms with Gasteiger partial charge in [0.2, 0.25) is 15.9 Å². The van der Waals surface area contributed by atoms with E-state index in [2.05, 4.69) is 10.0 Å². The number of sulfonamides is 1. The van der Waals surface area contributed by atoms with Gasteiger partial charge in [0, 0.05) is 24.2 Å². The van der Waals surface area contributed by atoms with Crippen LogP contribution in [0.3, 0.4) is 0 Å². The average molecular weight is 376 g/mol. The zero-order valence-electron chi connectivity index (χ0n) is 14.1. The molecular formula is C16H26ClN3O3S. The van der Waals surface area contributed by atoms with Crippen molar-refractivity contribution in [3.8, 4) is 0 Å². The number of nitrogens with two attached hydrogens (primary N) is 1. The Labute approximate surface area is 150 Å². The number of halogens is 1. The first kappa shape index (κ1) is 20.9. The predicted molar refractivity (Wildman–Crippen MR) is 97.9 cm³/mol. The van der Waals surface area contributed by atoms with Gasteiger partial charge in [0.05, 0.1) is 4.90 Å². The van der Waals surface area contributed by atoms with E-state index in [0.717, 1.165) is 5.56 Å². The summed E-state index contributed by atoms with van der Waals surface area (Å²) >= 11 is 0. The molecule has 1 aliphatic rings. The second-order valence-electron chi connectivity index (χ2n) is 6.11. The van der Waals surface area contributed by atoms with Gasteiger partial charge in [-0.15, -0.1) is 12.4 Å². The van der Waals surface area contributed by atoms with E-state index in [1.807, 2.05) is 13.8 Å². The Morgan fingerprint density at radius 1 is 1.25 bits per heavy atom. The van der Waals surface area contributed by atoms with Crippen LogP contribution in [0.2, 0.25) is 0 Å². The lowest BCUT2D eigenvalue weighted by molar-refractivity contribution is -0.116. The molecule has 0 aromatic heterocycles. The normalized spacial score (nSPS) is 15.0. The van der Waals surface area contributed by atoms with E-state index in [0.29, 0.717) is 37.8 Å². The summed E-state index contributed by atoms with van der Waals surface area (Å²) in [4.78, 5) is 11.8. The summed E-state index contributed by atoms with van der Waals surface area (Å²) < 4.78 is 27.6. The molecule has 0 fully saturated rings. The average Bonchev–Trinajstić information content (AvgIpc) is 2.72. The lowest BCUT2D eigenvalue weighted by Gasteiger charge is -2.26. The molecule has 0 aliphatic carbocycles. The second kappa shape index (κ2) is 8.29. The van der Waals surface area contributed by atoms with Crippen LogP contribution in [0.1, 0.15) is 45.1 Å². The molecule has 1 amide bonds. The summed E-state index contributed by atoms with van der Waals surface area (Å²) in [6.07, 6.45) is 3.25. The number of benzene rings is 1. The van der Waals surface area contributed by atoms with Crippen molar-refractivity contribution < 1.29 is 13.2 Å². The van der Waals surface area contributed by atoms with Crippen LogP contribution in [0.4, 0.5) is 5.69 Å². The zero-order chi connectivity index (χ0) is 17.1. The van der Waals surface area contributed by atoms with Crippen LogP contribution >= 0.6 is 12.4 Å². The molecule has 0 atom stereocenters. The van der Waals surface area contributed by atoms with Gasteiger partial charge in [0.15, 0.2) is 0 Å². The van der Waals surface area contributed by atoms with Crippen molar-refractivity contribution in [1.29, 1.82) is 0 Å². The lowest BCUT2D eigenvalue weighted by atomic mass is 9.95. The summed E-state index contributed by atoms with van der Waals surface area (Å²) in [6.45, 7) is 4.10. The number of fused-ring (bicyclic) bond motifs is 1. The highest BCUT2D eigenvalue weighted by atomic mass is 35.5.